The van der Waals surface area contributed by atoms with Crippen LogP contribution in [-0.2, 0) is 10.0 Å². The predicted octanol–water partition coefficient (Wildman–Crippen LogP) is 5.36. The highest BCUT2D eigenvalue weighted by molar-refractivity contribution is 7.89. The molecule has 4 nitrogen and oxygen atoms in total. The summed E-state index contributed by atoms with van der Waals surface area (Å²) in [5.74, 6) is 0.938. The molecule has 0 unspecified atom stereocenters. The summed E-state index contributed by atoms with van der Waals surface area (Å²) in [6.07, 6.45) is 3.15. The zero-order chi connectivity index (χ0) is 23.1. The maximum Gasteiger partial charge on any atom is 0.242 e. The Morgan fingerprint density at radius 2 is 1.39 bits per heavy atom. The lowest BCUT2D eigenvalue weighted by Gasteiger charge is -2.35. The highest BCUT2D eigenvalue weighted by atomic mass is 32.2. The van der Waals surface area contributed by atoms with Crippen LogP contribution in [0.2, 0.25) is 0 Å². The lowest BCUT2D eigenvalue weighted by molar-refractivity contribution is 0.196. The number of nitrogens with zero attached hydrogens (tertiary/aromatic N) is 2. The van der Waals surface area contributed by atoms with E-state index >= 15 is 0 Å². The molecule has 0 N–H and O–H groups in total. The largest absolute Gasteiger partial charge is 0.303 e. The van der Waals surface area contributed by atoms with Crippen LogP contribution < -0.4 is 0 Å². The Morgan fingerprint density at radius 1 is 0.848 bits per heavy atom. The summed E-state index contributed by atoms with van der Waals surface area (Å²) in [6, 6.07) is 30.1. The van der Waals surface area contributed by atoms with Crippen molar-refractivity contribution in [3.8, 4) is 0 Å². The van der Waals surface area contributed by atoms with E-state index in [0.29, 0.717) is 23.3 Å². The molecule has 4 rings (SSSR count). The number of piperidine rings is 1. The molecule has 0 amide bonds. The standard InChI is InChI=1S/C28H34N2O2S/c1-29(33(31,32)28-15-9-4-10-16-28)20-17-27(25-13-7-3-8-14-25)23-30-21-18-26(19-22-30)24-11-5-2-6-12-24/h2-16,26-27H,17-23H2,1H3/t27-/m1/s1. The van der Waals surface area contributed by atoms with Crippen LogP contribution in [-0.4, -0.2) is 50.8 Å². The van der Waals surface area contributed by atoms with Gasteiger partial charge in [-0.25, -0.2) is 12.7 Å². The molecule has 0 radical (unpaired) electrons. The molecule has 1 aliphatic heterocycles. The molecule has 0 bridgehead atoms. The average Bonchev–Trinajstić information content (AvgIpc) is 2.88. The lowest BCUT2D eigenvalue weighted by atomic mass is 9.88. The Hall–Kier alpha value is -2.47. The van der Waals surface area contributed by atoms with E-state index in [1.54, 1.807) is 31.3 Å². The Kier molecular flexibility index (Phi) is 7.97. The normalized spacial score (nSPS) is 16.7. The monoisotopic (exact) mass is 462 g/mol. The predicted molar refractivity (Wildman–Crippen MR) is 135 cm³/mol. The molecule has 174 valence electrons. The molecule has 0 aliphatic carbocycles. The number of rotatable bonds is 9. The van der Waals surface area contributed by atoms with Crippen molar-refractivity contribution >= 4 is 10.0 Å². The van der Waals surface area contributed by atoms with Crippen molar-refractivity contribution in [1.82, 2.24) is 9.21 Å². The summed E-state index contributed by atoms with van der Waals surface area (Å²) in [7, 11) is -1.78. The molecule has 1 fully saturated rings. The maximum atomic E-state index is 13.0. The zero-order valence-corrected chi connectivity index (χ0v) is 20.2. The van der Waals surface area contributed by atoms with Crippen LogP contribution in [0, 0.1) is 0 Å². The summed E-state index contributed by atoms with van der Waals surface area (Å²) in [4.78, 5) is 2.91. The van der Waals surface area contributed by atoms with Crippen LogP contribution in [0.1, 0.15) is 42.2 Å². The first kappa shape index (κ1) is 23.7. The van der Waals surface area contributed by atoms with Gasteiger partial charge >= 0.3 is 0 Å². The SMILES string of the molecule is CN(CC[C@H](CN1CCC(c2ccccc2)CC1)c1ccccc1)S(=O)(=O)c1ccccc1. The van der Waals surface area contributed by atoms with E-state index in [4.69, 9.17) is 0 Å². The van der Waals surface area contributed by atoms with Crippen LogP contribution in [0.15, 0.2) is 95.9 Å². The van der Waals surface area contributed by atoms with Gasteiger partial charge < -0.3 is 4.90 Å². The minimum absolute atomic E-state index is 0.299. The van der Waals surface area contributed by atoms with Gasteiger partial charge in [-0.15, -0.1) is 0 Å². The fraction of sp³-hybridized carbons (Fsp3) is 0.357. The quantitative estimate of drug-likeness (QED) is 0.430. The van der Waals surface area contributed by atoms with Gasteiger partial charge in [-0.1, -0.05) is 78.9 Å². The molecule has 3 aromatic carbocycles. The molecular weight excluding hydrogens is 428 g/mol. The summed E-state index contributed by atoms with van der Waals surface area (Å²) in [5, 5.41) is 0. The molecule has 1 heterocycles. The van der Waals surface area contributed by atoms with Gasteiger partial charge in [0.2, 0.25) is 10.0 Å². The Labute approximate surface area is 198 Å². The van der Waals surface area contributed by atoms with E-state index in [-0.39, 0.29) is 0 Å². The maximum absolute atomic E-state index is 13.0. The van der Waals surface area contributed by atoms with Crippen LogP contribution >= 0.6 is 0 Å². The number of likely N-dealkylation sites (tertiary alicyclic amines) is 1. The van der Waals surface area contributed by atoms with Gasteiger partial charge in [-0.2, -0.15) is 0 Å². The molecule has 0 aromatic heterocycles. The van der Waals surface area contributed by atoms with Gasteiger partial charge in [0, 0.05) is 20.1 Å². The second kappa shape index (κ2) is 11.1. The van der Waals surface area contributed by atoms with Gasteiger partial charge in [-0.3, -0.25) is 0 Å². The smallest absolute Gasteiger partial charge is 0.242 e. The second-order valence-corrected chi connectivity index (χ2v) is 11.1. The first-order valence-electron chi connectivity index (χ1n) is 11.9. The number of benzene rings is 3. The molecule has 0 saturated carbocycles. The van der Waals surface area contributed by atoms with Gasteiger partial charge in [0.1, 0.15) is 0 Å². The molecule has 5 heteroatoms. The van der Waals surface area contributed by atoms with Crippen LogP contribution in [0.25, 0.3) is 0 Å². The summed E-state index contributed by atoms with van der Waals surface area (Å²) in [5.41, 5.74) is 2.73. The fourth-order valence-electron chi connectivity index (χ4n) is 4.80. The van der Waals surface area contributed by atoms with Crippen molar-refractivity contribution in [2.24, 2.45) is 0 Å². The second-order valence-electron chi connectivity index (χ2n) is 9.02. The molecule has 3 aromatic rings. The van der Waals surface area contributed by atoms with E-state index in [1.165, 1.54) is 28.3 Å². The van der Waals surface area contributed by atoms with Crippen molar-refractivity contribution in [1.29, 1.82) is 0 Å². The van der Waals surface area contributed by atoms with E-state index in [1.807, 2.05) is 12.1 Å². The van der Waals surface area contributed by atoms with E-state index in [0.717, 1.165) is 26.1 Å². The van der Waals surface area contributed by atoms with Gasteiger partial charge in [0.25, 0.3) is 0 Å². The van der Waals surface area contributed by atoms with Crippen LogP contribution in [0.4, 0.5) is 0 Å². The van der Waals surface area contributed by atoms with Crippen molar-refractivity contribution < 1.29 is 8.42 Å². The van der Waals surface area contributed by atoms with Gasteiger partial charge in [0.05, 0.1) is 4.90 Å². The zero-order valence-electron chi connectivity index (χ0n) is 19.4. The highest BCUT2D eigenvalue weighted by Crippen LogP contribution is 2.30. The van der Waals surface area contributed by atoms with Crippen molar-refractivity contribution in [3.63, 3.8) is 0 Å². The lowest BCUT2D eigenvalue weighted by Crippen LogP contribution is -2.37. The van der Waals surface area contributed by atoms with Crippen LogP contribution in [0.3, 0.4) is 0 Å². The molecule has 1 aliphatic rings. The molecule has 0 spiro atoms. The Balaban J connectivity index is 1.39. The minimum atomic E-state index is -3.47. The third-order valence-electron chi connectivity index (χ3n) is 6.85. The summed E-state index contributed by atoms with van der Waals surface area (Å²) in [6.45, 7) is 3.63. The number of hydrogen-bond donors (Lipinski definition) is 0. The Morgan fingerprint density at radius 3 is 2.00 bits per heavy atom. The molecule has 33 heavy (non-hydrogen) atoms. The van der Waals surface area contributed by atoms with Gasteiger partial charge in [-0.05, 0) is 67.4 Å². The van der Waals surface area contributed by atoms with Crippen molar-refractivity contribution in [2.75, 3.05) is 33.2 Å². The minimum Gasteiger partial charge on any atom is -0.303 e. The van der Waals surface area contributed by atoms with E-state index in [9.17, 15) is 8.42 Å². The summed E-state index contributed by atoms with van der Waals surface area (Å²) >= 11 is 0. The molecule has 1 atom stereocenters. The first-order valence-corrected chi connectivity index (χ1v) is 13.3. The topological polar surface area (TPSA) is 40.6 Å². The average molecular weight is 463 g/mol. The van der Waals surface area contributed by atoms with Crippen LogP contribution in [0.5, 0.6) is 0 Å². The first-order chi connectivity index (χ1) is 16.0. The molecule has 1 saturated heterocycles. The number of sulfonamides is 1. The van der Waals surface area contributed by atoms with E-state index < -0.39 is 10.0 Å². The van der Waals surface area contributed by atoms with E-state index in [2.05, 4.69) is 59.5 Å². The molecular formula is C28H34N2O2S. The van der Waals surface area contributed by atoms with Crippen molar-refractivity contribution in [3.05, 3.63) is 102 Å². The Bertz CT molecular complexity index is 1080. The fourth-order valence-corrected chi connectivity index (χ4v) is 6.01. The third-order valence-corrected chi connectivity index (χ3v) is 8.72. The van der Waals surface area contributed by atoms with Gasteiger partial charge in [0.15, 0.2) is 0 Å². The summed E-state index contributed by atoms with van der Waals surface area (Å²) < 4.78 is 27.4. The highest BCUT2D eigenvalue weighted by Gasteiger charge is 2.25. The third kappa shape index (κ3) is 6.11. The number of hydrogen-bond acceptors (Lipinski definition) is 3. The van der Waals surface area contributed by atoms with Crippen molar-refractivity contribution in [2.45, 2.75) is 36.0 Å².